The second-order valence-electron chi connectivity index (χ2n) is 13.4. The van der Waals surface area contributed by atoms with Crippen molar-refractivity contribution in [1.82, 2.24) is 20.9 Å². The molecule has 0 fully saturated rings. The van der Waals surface area contributed by atoms with Crippen LogP contribution in [-0.4, -0.2) is 121 Å². The van der Waals surface area contributed by atoms with Gasteiger partial charge in [-0.3, -0.25) is 9.59 Å². The molecule has 0 aliphatic rings. The van der Waals surface area contributed by atoms with E-state index in [9.17, 15) is 27.5 Å². The van der Waals surface area contributed by atoms with E-state index in [1.165, 1.54) is 36.1 Å². The van der Waals surface area contributed by atoms with Gasteiger partial charge in [0.15, 0.2) is 0 Å². The Hall–Kier alpha value is -3.58. The zero-order valence-electron chi connectivity index (χ0n) is 35.1. The van der Waals surface area contributed by atoms with Crippen molar-refractivity contribution in [3.63, 3.8) is 0 Å². The molecule has 17 heteroatoms. The number of carbonyl (C=O) groups is 3. The van der Waals surface area contributed by atoms with E-state index in [0.717, 1.165) is 35.9 Å². The summed E-state index contributed by atoms with van der Waals surface area (Å²) < 4.78 is 44.2. The normalized spacial score (nSPS) is 11.8. The molecule has 2 unspecified atom stereocenters. The van der Waals surface area contributed by atoms with Crippen LogP contribution in [0.15, 0.2) is 89.8 Å². The van der Waals surface area contributed by atoms with Gasteiger partial charge in [-0.25, -0.2) is 0 Å². The molecule has 59 heavy (non-hydrogen) atoms. The summed E-state index contributed by atoms with van der Waals surface area (Å²) in [5, 5.41) is 17.7. The van der Waals surface area contributed by atoms with Crippen molar-refractivity contribution >= 4 is 58.6 Å². The fourth-order valence-electron chi connectivity index (χ4n) is 5.03. The van der Waals surface area contributed by atoms with Gasteiger partial charge in [0.2, 0.25) is 5.91 Å². The summed E-state index contributed by atoms with van der Waals surface area (Å²) >= 11 is 3.84. The van der Waals surface area contributed by atoms with Gasteiger partial charge in [-0.1, -0.05) is 67.6 Å². The van der Waals surface area contributed by atoms with Crippen molar-refractivity contribution < 1.29 is 41.5 Å². The zero-order chi connectivity index (χ0) is 43.7. The molecule has 0 bridgehead atoms. The molecule has 0 aliphatic heterocycles. The number of esters is 1. The molecule has 0 radical (unpaired) electrons. The molecule has 3 aromatic carbocycles. The van der Waals surface area contributed by atoms with Crippen LogP contribution in [0.4, 0.5) is 0 Å². The molecule has 3 rings (SSSR count). The monoisotopic (exact) mass is 874 g/mol. The third-order valence-electron chi connectivity index (χ3n) is 8.41. The number of aliphatic carboxylic acids is 1. The predicted molar refractivity (Wildman–Crippen MR) is 240 cm³/mol. The summed E-state index contributed by atoms with van der Waals surface area (Å²) in [6.07, 6.45) is 1.39. The maximum absolute atomic E-state index is 12.1. The Bertz CT molecular complexity index is 1690. The van der Waals surface area contributed by atoms with Crippen LogP contribution in [0.2, 0.25) is 0 Å². The van der Waals surface area contributed by atoms with Crippen LogP contribution in [0.5, 0.6) is 0 Å². The molecule has 4 N–H and O–H groups in total. The number of nitrogens with one attached hydrogen (secondary N) is 3. The van der Waals surface area contributed by atoms with E-state index in [2.05, 4.69) is 68.1 Å². The van der Waals surface area contributed by atoms with Crippen molar-refractivity contribution in [1.29, 1.82) is 0 Å². The molecule has 1 amide bonds. The van der Waals surface area contributed by atoms with Crippen LogP contribution < -0.4 is 16.0 Å². The number of rotatable bonds is 27. The van der Waals surface area contributed by atoms with E-state index in [-0.39, 0.29) is 42.7 Å². The quantitative estimate of drug-likeness (QED) is 0.0332. The van der Waals surface area contributed by atoms with Gasteiger partial charge in [0.25, 0.3) is 0 Å². The van der Waals surface area contributed by atoms with Crippen molar-refractivity contribution in [2.45, 2.75) is 74.4 Å². The zero-order valence-corrected chi connectivity index (χ0v) is 37.5. The van der Waals surface area contributed by atoms with Crippen LogP contribution >= 0.6 is 23.5 Å². The molecule has 0 saturated carbocycles. The molecule has 3 aromatic rings. The molecule has 326 valence electrons. The number of amides is 1. The molecule has 0 aliphatic carbocycles. The Kier molecular flexibility index (Phi) is 30.1. The number of hydrogen-bond acceptors (Lipinski definition) is 13. The van der Waals surface area contributed by atoms with Crippen molar-refractivity contribution in [3.05, 3.63) is 102 Å². The minimum atomic E-state index is -3.89. The van der Waals surface area contributed by atoms with Crippen molar-refractivity contribution in [3.8, 4) is 0 Å². The van der Waals surface area contributed by atoms with Crippen LogP contribution in [-0.2, 0) is 49.6 Å². The van der Waals surface area contributed by atoms with Crippen molar-refractivity contribution in [2.24, 2.45) is 0 Å². The Morgan fingerprint density at radius 2 is 1.44 bits per heavy atom. The molecular weight excluding hydrogens is 811 g/mol. The summed E-state index contributed by atoms with van der Waals surface area (Å²) in [4.78, 5) is 35.7. The second kappa shape index (κ2) is 33.2. The number of ether oxygens (including phenoxy) is 1. The van der Waals surface area contributed by atoms with Crippen LogP contribution in [0.1, 0.15) is 55.7 Å². The van der Waals surface area contributed by atoms with Crippen molar-refractivity contribution in [2.75, 3.05) is 65.4 Å². The number of methoxy groups -OCH3 is 1. The average Bonchev–Trinajstić information content (AvgIpc) is 3.24. The number of carbonyl (C=O) groups excluding carboxylic acids is 2. The second-order valence-corrected chi connectivity index (χ2v) is 17.3. The number of likely N-dealkylation sites (N-methyl/N-ethyl adjacent to an activating group) is 1. The Morgan fingerprint density at radius 3 is 1.97 bits per heavy atom. The first kappa shape index (κ1) is 53.4. The summed E-state index contributed by atoms with van der Waals surface area (Å²) in [5.41, 5.74) is 3.67. The third-order valence-corrected chi connectivity index (χ3v) is 11.7. The number of nitrogens with zero attached hydrogens (tertiary/aromatic N) is 1. The van der Waals surface area contributed by atoms with Gasteiger partial charge in [0.1, 0.15) is 0 Å². The van der Waals surface area contributed by atoms with Gasteiger partial charge >= 0.3 is 142 Å². The van der Waals surface area contributed by atoms with Gasteiger partial charge in [0.05, 0.1) is 0 Å². The molecule has 2 atom stereocenters. The number of carboxylic acid groups (broad SMARTS) is 1. The minimum absolute atomic E-state index is 0.0303. The fourth-order valence-corrected chi connectivity index (χ4v) is 7.91. The van der Waals surface area contributed by atoms with Gasteiger partial charge in [-0.2, -0.15) is 23.5 Å². The Morgan fingerprint density at radius 1 is 0.864 bits per heavy atom. The number of carboxylic acids is 1. The summed E-state index contributed by atoms with van der Waals surface area (Å²) in [7, 11) is 2.04. The summed E-state index contributed by atoms with van der Waals surface area (Å²) in [6.45, 7) is 6.14. The molecule has 0 heterocycles. The van der Waals surface area contributed by atoms with Crippen LogP contribution in [0.25, 0.3) is 0 Å². The molecule has 0 saturated heterocycles. The maximum atomic E-state index is 12.1. The van der Waals surface area contributed by atoms with Gasteiger partial charge in [-0.05, 0) is 31.6 Å². The van der Waals surface area contributed by atoms with Gasteiger partial charge in [0, 0.05) is 61.5 Å². The number of benzene rings is 3. The first-order chi connectivity index (χ1) is 28.3. The first-order valence-electron chi connectivity index (χ1n) is 19.6. The Balaban J connectivity index is 0.000000466. The Labute approximate surface area is 360 Å². The van der Waals surface area contributed by atoms with E-state index < -0.39 is 28.1 Å². The molecule has 13 nitrogen and oxygen atoms in total. The average molecular weight is 875 g/mol. The first-order valence-corrected chi connectivity index (χ1v) is 23.3. The van der Waals surface area contributed by atoms with E-state index in [4.69, 9.17) is 9.29 Å². The predicted octanol–water partition coefficient (Wildman–Crippen LogP) is 5.37. The molecule has 0 aromatic heterocycles. The molecular formula is C42H63BN4O9S3. The van der Waals surface area contributed by atoms with E-state index in [1.807, 2.05) is 62.7 Å². The fraction of sp³-hybridized carbons (Fsp3) is 0.500. The topological polar surface area (TPSA) is 180 Å². The van der Waals surface area contributed by atoms with E-state index in [0.29, 0.717) is 33.0 Å². The van der Waals surface area contributed by atoms with Crippen LogP contribution in [0, 0.1) is 6.92 Å². The SMILES string of the molecule is CCC(=O)NC(CCC(=O)O)CN(C)CCSCc1ccccc1.CNCCSCc1ccccc1.COC(=O)CCC(COS(=O)(=O)c1ccc(C)cc1)NCB=O. The number of hydrogen-bond donors (Lipinski definition) is 4. The van der Waals surface area contributed by atoms with Gasteiger partial charge in [-0.15, -0.1) is 0 Å². The van der Waals surface area contributed by atoms with Crippen LogP contribution in [0.3, 0.4) is 0 Å². The van der Waals surface area contributed by atoms with E-state index in [1.54, 1.807) is 19.1 Å². The number of aryl methyl sites for hydroxylation is 1. The third kappa shape index (κ3) is 27.7. The summed E-state index contributed by atoms with van der Waals surface area (Å²) in [5.74, 6) is 3.03. The van der Waals surface area contributed by atoms with Gasteiger partial charge < -0.3 is 20.6 Å². The standard InChI is InChI=1S/C18H28N2O3S.C14H20BNO6S.C10H15NS/c1-3-17(21)19-16(9-10-18(22)23)13-20(2)11-12-24-14-15-7-5-4-6-8-15;1-11-3-6-13(7-4-11)23(19,20)22-9-12(16-10-15-18)5-8-14(17)21-2;1-11-7-8-12-9-10-5-3-2-4-6-10/h4-8,16H,3,9-14H2,1-2H3,(H,19,21)(H,22,23);3-4,6-7,12,16H,5,8-10H2,1-2H3;2-6,11H,7-9H2,1H3. The van der Waals surface area contributed by atoms with E-state index >= 15 is 0 Å². The molecule has 0 spiro atoms. The summed E-state index contributed by atoms with van der Waals surface area (Å²) in [6, 6.07) is 26.7. The number of thioether (sulfide) groups is 2.